The van der Waals surface area contributed by atoms with Gasteiger partial charge in [-0.15, -0.1) is 0 Å². The van der Waals surface area contributed by atoms with Crippen LogP contribution in [0.4, 0.5) is 5.69 Å². The zero-order valence-electron chi connectivity index (χ0n) is 26.7. The molecule has 0 aliphatic carbocycles. The van der Waals surface area contributed by atoms with Crippen molar-refractivity contribution in [3.8, 4) is 45.8 Å². The molecule has 5 heteroatoms. The quantitative estimate of drug-likeness (QED) is 0.181. The summed E-state index contributed by atoms with van der Waals surface area (Å²) >= 11 is 0. The molecule has 0 aliphatic rings. The highest BCUT2D eigenvalue weighted by molar-refractivity contribution is 6.11. The van der Waals surface area contributed by atoms with Gasteiger partial charge in [0, 0.05) is 27.2 Å². The van der Waals surface area contributed by atoms with Gasteiger partial charge in [-0.3, -0.25) is 0 Å². The number of fused-ring (bicyclic) bond motifs is 6. The average molecular weight is 636 g/mol. The zero-order valence-corrected chi connectivity index (χ0v) is 26.7. The summed E-state index contributed by atoms with van der Waals surface area (Å²) in [5.74, 6) is 0. The van der Waals surface area contributed by atoms with E-state index in [-0.39, 0.29) is 0 Å². The number of nitriles is 2. The highest BCUT2D eigenvalue weighted by atomic mass is 15.0. The largest absolute Gasteiger partial charge is 0.309 e. The number of benzene rings is 7. The van der Waals surface area contributed by atoms with Crippen molar-refractivity contribution in [1.82, 2.24) is 9.13 Å². The van der Waals surface area contributed by atoms with Crippen LogP contribution in [0.25, 0.3) is 82.1 Å². The average Bonchev–Trinajstić information content (AvgIpc) is 3.69. The van der Waals surface area contributed by atoms with Gasteiger partial charge in [0.25, 0.3) is 0 Å². The molecular weight excluding hydrogens is 611 g/mol. The Morgan fingerprint density at radius 2 is 1.00 bits per heavy atom. The number of aromatic nitrogens is 2. The van der Waals surface area contributed by atoms with Crippen LogP contribution >= 0.6 is 0 Å². The van der Waals surface area contributed by atoms with Crippen molar-refractivity contribution in [2.45, 2.75) is 0 Å². The third kappa shape index (κ3) is 4.38. The van der Waals surface area contributed by atoms with Crippen LogP contribution in [-0.2, 0) is 0 Å². The normalized spacial score (nSPS) is 11.1. The number of rotatable bonds is 4. The fourth-order valence-corrected chi connectivity index (χ4v) is 7.35. The molecule has 5 nitrogen and oxygen atoms in total. The van der Waals surface area contributed by atoms with E-state index < -0.39 is 0 Å². The Morgan fingerprint density at radius 3 is 1.64 bits per heavy atom. The van der Waals surface area contributed by atoms with Gasteiger partial charge in [-0.25, -0.2) is 4.85 Å². The van der Waals surface area contributed by atoms with Crippen LogP contribution in [-0.4, -0.2) is 9.13 Å². The maximum atomic E-state index is 9.63. The minimum atomic E-state index is 0.576. The molecule has 2 aromatic heterocycles. The third-order valence-electron chi connectivity index (χ3n) is 9.61. The summed E-state index contributed by atoms with van der Waals surface area (Å²) in [7, 11) is 0. The highest BCUT2D eigenvalue weighted by Gasteiger charge is 2.18. The second kappa shape index (κ2) is 11.4. The van der Waals surface area contributed by atoms with E-state index in [0.717, 1.165) is 77.2 Å². The van der Waals surface area contributed by atoms with E-state index >= 15 is 0 Å². The van der Waals surface area contributed by atoms with E-state index in [1.54, 1.807) is 0 Å². The molecule has 0 radical (unpaired) electrons. The van der Waals surface area contributed by atoms with Gasteiger partial charge in [-0.2, -0.15) is 10.5 Å². The minimum absolute atomic E-state index is 0.576. The van der Waals surface area contributed by atoms with Crippen LogP contribution in [0.2, 0.25) is 0 Å². The molecule has 0 saturated heterocycles. The monoisotopic (exact) mass is 635 g/mol. The Morgan fingerprint density at radius 1 is 0.460 bits per heavy atom. The van der Waals surface area contributed by atoms with Crippen LogP contribution in [0.5, 0.6) is 0 Å². The molecular formula is C45H25N5. The highest BCUT2D eigenvalue weighted by Crippen LogP contribution is 2.41. The first kappa shape index (κ1) is 28.8. The Balaban J connectivity index is 1.18. The molecule has 2 heterocycles. The van der Waals surface area contributed by atoms with E-state index in [9.17, 15) is 10.5 Å². The van der Waals surface area contributed by atoms with Crippen molar-refractivity contribution in [2.24, 2.45) is 0 Å². The molecule has 230 valence electrons. The summed E-state index contributed by atoms with van der Waals surface area (Å²) in [4.78, 5) is 3.95. The topological polar surface area (TPSA) is 61.8 Å². The summed E-state index contributed by atoms with van der Waals surface area (Å²) in [6, 6.07) is 55.5. The smallest absolute Gasteiger partial charge is 0.195 e. The SMILES string of the molecule is [C-]#[N+]c1ccc(-c2ccc(-n3c4ccccc4c4cc(C#N)ccc43)cc2)cc1-c1ccccc1-n1c2ccccc2c2cc(C#N)ccc21. The van der Waals surface area contributed by atoms with E-state index in [4.69, 9.17) is 6.57 Å². The van der Waals surface area contributed by atoms with Crippen molar-refractivity contribution in [3.05, 3.63) is 174 Å². The molecule has 0 atom stereocenters. The van der Waals surface area contributed by atoms with Crippen molar-refractivity contribution in [2.75, 3.05) is 0 Å². The third-order valence-corrected chi connectivity index (χ3v) is 9.61. The Labute approximate surface area is 288 Å². The summed E-state index contributed by atoms with van der Waals surface area (Å²) in [6.45, 7) is 8.09. The van der Waals surface area contributed by atoms with Crippen molar-refractivity contribution in [1.29, 1.82) is 10.5 Å². The molecule has 50 heavy (non-hydrogen) atoms. The van der Waals surface area contributed by atoms with Crippen LogP contribution in [0.1, 0.15) is 11.1 Å². The first-order chi connectivity index (χ1) is 24.7. The molecule has 0 unspecified atom stereocenters. The summed E-state index contributed by atoms with van der Waals surface area (Å²) < 4.78 is 4.48. The number of para-hydroxylation sites is 3. The maximum absolute atomic E-state index is 9.63. The van der Waals surface area contributed by atoms with Gasteiger partial charge in [0.2, 0.25) is 0 Å². The lowest BCUT2D eigenvalue weighted by molar-refractivity contribution is 1.18. The Hall–Kier alpha value is -7.39. The maximum Gasteiger partial charge on any atom is 0.195 e. The minimum Gasteiger partial charge on any atom is -0.309 e. The second-order valence-corrected chi connectivity index (χ2v) is 12.3. The standard InChI is InChI=1S/C45H25N5/c1-48-40-21-18-32(31-16-19-33(20-17-31)49-41-11-5-3-9-35(41)38-24-29(27-46)14-22-44(38)49)26-37(40)34-8-2-6-12-42(34)50-43-13-7-4-10-36(43)39-25-30(28-47)15-23-45(39)50/h2-26H. The van der Waals surface area contributed by atoms with Gasteiger partial charge in [0.1, 0.15) is 0 Å². The molecule has 0 fully saturated rings. The molecule has 7 aromatic carbocycles. The van der Waals surface area contributed by atoms with Crippen molar-refractivity contribution in [3.63, 3.8) is 0 Å². The fourth-order valence-electron chi connectivity index (χ4n) is 7.35. The molecule has 0 amide bonds. The van der Waals surface area contributed by atoms with Crippen molar-refractivity contribution < 1.29 is 0 Å². The molecule has 0 saturated carbocycles. The van der Waals surface area contributed by atoms with Gasteiger partial charge >= 0.3 is 0 Å². The van der Waals surface area contributed by atoms with Gasteiger partial charge in [0.05, 0.1) is 57.6 Å². The van der Waals surface area contributed by atoms with Crippen LogP contribution < -0.4 is 0 Å². The summed E-state index contributed by atoms with van der Waals surface area (Å²) in [5, 5.41) is 23.4. The Bertz CT molecular complexity index is 2960. The lowest BCUT2D eigenvalue weighted by atomic mass is 9.96. The van der Waals surface area contributed by atoms with Crippen LogP contribution in [0, 0.1) is 29.2 Å². The number of nitrogens with zero attached hydrogens (tertiary/aromatic N) is 5. The van der Waals surface area contributed by atoms with Gasteiger partial charge in [-0.1, -0.05) is 84.9 Å². The first-order valence-corrected chi connectivity index (χ1v) is 16.3. The molecule has 9 rings (SSSR count). The van der Waals surface area contributed by atoms with Crippen LogP contribution in [0.15, 0.2) is 152 Å². The second-order valence-electron chi connectivity index (χ2n) is 12.3. The lowest BCUT2D eigenvalue weighted by Crippen LogP contribution is -1.97. The van der Waals surface area contributed by atoms with Gasteiger partial charge in [0.15, 0.2) is 5.69 Å². The van der Waals surface area contributed by atoms with E-state index in [1.807, 2.05) is 84.9 Å². The molecule has 0 N–H and O–H groups in total. The predicted molar refractivity (Wildman–Crippen MR) is 202 cm³/mol. The predicted octanol–water partition coefficient (Wildman–Crippen LogP) is 11.5. The van der Waals surface area contributed by atoms with Crippen LogP contribution in [0.3, 0.4) is 0 Å². The molecule has 9 aromatic rings. The molecule has 0 aliphatic heterocycles. The zero-order chi connectivity index (χ0) is 33.8. The summed E-state index contributed by atoms with van der Waals surface area (Å²) in [5.41, 5.74) is 11.9. The van der Waals surface area contributed by atoms with Gasteiger partial charge in [-0.05, 0) is 89.0 Å². The fraction of sp³-hybridized carbons (Fsp3) is 0. The van der Waals surface area contributed by atoms with E-state index in [0.29, 0.717) is 16.8 Å². The Kier molecular flexibility index (Phi) is 6.56. The van der Waals surface area contributed by atoms with E-state index in [2.05, 4.69) is 92.8 Å². The molecule has 0 bridgehead atoms. The first-order valence-electron chi connectivity index (χ1n) is 16.3. The number of hydrogen-bond acceptors (Lipinski definition) is 2. The van der Waals surface area contributed by atoms with Crippen molar-refractivity contribution >= 4 is 49.3 Å². The van der Waals surface area contributed by atoms with Gasteiger partial charge < -0.3 is 9.13 Å². The summed E-state index contributed by atoms with van der Waals surface area (Å²) in [6.07, 6.45) is 0. The molecule has 0 spiro atoms. The lowest BCUT2D eigenvalue weighted by Gasteiger charge is -2.16. The van der Waals surface area contributed by atoms with E-state index in [1.165, 1.54) is 0 Å². The number of hydrogen-bond donors (Lipinski definition) is 0.